The molecule has 0 amide bonds. The Hall–Kier alpha value is -1.07. The van der Waals surface area contributed by atoms with Gasteiger partial charge in [-0.3, -0.25) is 0 Å². The Balaban J connectivity index is 2.89. The Kier molecular flexibility index (Phi) is 3.71. The van der Waals surface area contributed by atoms with Crippen LogP contribution in [0.25, 0.3) is 0 Å². The van der Waals surface area contributed by atoms with E-state index in [1.165, 1.54) is 26.4 Å². The average molecular weight is 220 g/mol. The van der Waals surface area contributed by atoms with Crippen LogP contribution in [0, 0.1) is 0 Å². The lowest BCUT2D eigenvalue weighted by Crippen LogP contribution is -2.07. The Bertz CT molecular complexity index is 301. The van der Waals surface area contributed by atoms with Gasteiger partial charge in [0.2, 0.25) is 0 Å². The number of hydrogen-bond acceptors (Lipinski definition) is 2. The summed E-state index contributed by atoms with van der Waals surface area (Å²) < 4.78 is 46.5. The number of methoxy groups -OCH3 is 2. The van der Waals surface area contributed by atoms with E-state index in [0.29, 0.717) is 5.56 Å². The summed E-state index contributed by atoms with van der Waals surface area (Å²) in [6, 6.07) is 4.67. The molecular weight excluding hydrogens is 209 g/mol. The number of rotatable bonds is 3. The van der Waals surface area contributed by atoms with Crippen molar-refractivity contribution in [2.75, 3.05) is 14.2 Å². The fourth-order valence-corrected chi connectivity index (χ4v) is 1.20. The summed E-state index contributed by atoms with van der Waals surface area (Å²) in [7, 11) is 2.84. The number of benzene rings is 1. The molecule has 0 bridgehead atoms. The molecule has 0 atom stereocenters. The summed E-state index contributed by atoms with van der Waals surface area (Å²) in [6.07, 6.45) is -4.94. The smallest absolute Gasteiger partial charge is 0.352 e. The van der Waals surface area contributed by atoms with Crippen LogP contribution < -0.4 is 0 Å². The molecule has 0 fully saturated rings. The molecule has 0 saturated heterocycles. The minimum atomic E-state index is -4.31. The van der Waals surface area contributed by atoms with E-state index >= 15 is 0 Å². The number of alkyl halides is 3. The quantitative estimate of drug-likeness (QED) is 0.729. The van der Waals surface area contributed by atoms with Crippen LogP contribution in [0.3, 0.4) is 0 Å². The van der Waals surface area contributed by atoms with Crippen LogP contribution in [0.15, 0.2) is 24.3 Å². The van der Waals surface area contributed by atoms with Crippen molar-refractivity contribution in [3.63, 3.8) is 0 Å². The largest absolute Gasteiger partial charge is 0.416 e. The third-order valence-electron chi connectivity index (χ3n) is 1.94. The lowest BCUT2D eigenvalue weighted by Gasteiger charge is -2.14. The number of ether oxygens (including phenoxy) is 2. The molecule has 0 N–H and O–H groups in total. The van der Waals surface area contributed by atoms with Crippen LogP contribution >= 0.6 is 0 Å². The zero-order valence-corrected chi connectivity index (χ0v) is 8.34. The first kappa shape index (κ1) is 12.0. The van der Waals surface area contributed by atoms with Crippen molar-refractivity contribution in [3.05, 3.63) is 35.4 Å². The molecule has 0 heterocycles. The normalized spacial score (nSPS) is 12.1. The molecule has 0 saturated carbocycles. The predicted octanol–water partition coefficient (Wildman–Crippen LogP) is 3.00. The molecule has 0 spiro atoms. The van der Waals surface area contributed by atoms with Gasteiger partial charge in [0.1, 0.15) is 0 Å². The zero-order chi connectivity index (χ0) is 11.5. The van der Waals surface area contributed by atoms with Crippen molar-refractivity contribution >= 4 is 0 Å². The molecule has 1 aromatic rings. The van der Waals surface area contributed by atoms with Gasteiger partial charge in [0.05, 0.1) is 5.56 Å². The monoisotopic (exact) mass is 220 g/mol. The summed E-state index contributed by atoms with van der Waals surface area (Å²) in [4.78, 5) is 0. The minimum absolute atomic E-state index is 0.549. The molecule has 1 rings (SSSR count). The zero-order valence-electron chi connectivity index (χ0n) is 8.34. The van der Waals surface area contributed by atoms with Gasteiger partial charge in [-0.2, -0.15) is 13.2 Å². The van der Waals surface area contributed by atoms with E-state index in [2.05, 4.69) is 0 Å². The highest BCUT2D eigenvalue weighted by molar-refractivity contribution is 5.25. The maximum absolute atomic E-state index is 12.2. The van der Waals surface area contributed by atoms with Gasteiger partial charge < -0.3 is 9.47 Å². The van der Waals surface area contributed by atoms with Crippen molar-refractivity contribution in [1.82, 2.24) is 0 Å². The van der Waals surface area contributed by atoms with E-state index in [0.717, 1.165) is 12.1 Å². The van der Waals surface area contributed by atoms with E-state index in [4.69, 9.17) is 9.47 Å². The van der Waals surface area contributed by atoms with Crippen molar-refractivity contribution in [3.8, 4) is 0 Å². The summed E-state index contributed by atoms with van der Waals surface area (Å²) in [5.41, 5.74) is -0.134. The Morgan fingerprint density at radius 1 is 1.00 bits per heavy atom. The second kappa shape index (κ2) is 4.63. The highest BCUT2D eigenvalue weighted by Crippen LogP contribution is 2.30. The lowest BCUT2D eigenvalue weighted by molar-refractivity contribution is -0.137. The highest BCUT2D eigenvalue weighted by Gasteiger charge is 2.30. The molecule has 0 unspecified atom stereocenters. The van der Waals surface area contributed by atoms with Crippen LogP contribution in [0.2, 0.25) is 0 Å². The highest BCUT2D eigenvalue weighted by atomic mass is 19.4. The van der Waals surface area contributed by atoms with Gasteiger partial charge in [-0.05, 0) is 12.1 Å². The summed E-state index contributed by atoms with van der Waals surface area (Å²) in [5, 5.41) is 0. The first-order chi connectivity index (χ1) is 6.99. The second-order valence-electron chi connectivity index (χ2n) is 2.92. The van der Waals surface area contributed by atoms with Crippen LogP contribution in [0.4, 0.5) is 13.2 Å². The summed E-state index contributed by atoms with van der Waals surface area (Å²) in [5.74, 6) is 0. The second-order valence-corrected chi connectivity index (χ2v) is 2.92. The van der Waals surface area contributed by atoms with E-state index in [1.54, 1.807) is 0 Å². The Morgan fingerprint density at radius 2 is 1.47 bits per heavy atom. The van der Waals surface area contributed by atoms with Crippen LogP contribution in [-0.2, 0) is 15.7 Å². The van der Waals surface area contributed by atoms with Gasteiger partial charge in [-0.1, -0.05) is 12.1 Å². The van der Waals surface area contributed by atoms with E-state index in [9.17, 15) is 13.2 Å². The average Bonchev–Trinajstić information content (AvgIpc) is 2.19. The van der Waals surface area contributed by atoms with Gasteiger partial charge in [-0.25, -0.2) is 0 Å². The molecule has 5 heteroatoms. The third kappa shape index (κ3) is 2.94. The van der Waals surface area contributed by atoms with E-state index < -0.39 is 18.0 Å². The molecule has 0 aliphatic heterocycles. The minimum Gasteiger partial charge on any atom is -0.352 e. The first-order valence-electron chi connectivity index (χ1n) is 4.21. The fourth-order valence-electron chi connectivity index (χ4n) is 1.20. The molecule has 0 aromatic heterocycles. The maximum atomic E-state index is 12.2. The SMILES string of the molecule is COC(OC)c1ccc(C(F)(F)F)cc1. The van der Waals surface area contributed by atoms with Crippen LogP contribution in [-0.4, -0.2) is 14.2 Å². The topological polar surface area (TPSA) is 18.5 Å². The standard InChI is InChI=1S/C10H11F3O2/c1-14-9(15-2)7-3-5-8(6-4-7)10(11,12)13/h3-6,9H,1-2H3. The summed E-state index contributed by atoms with van der Waals surface area (Å²) in [6.45, 7) is 0. The van der Waals surface area contributed by atoms with Gasteiger partial charge in [0.15, 0.2) is 6.29 Å². The molecular formula is C10H11F3O2. The van der Waals surface area contributed by atoms with Crippen molar-refractivity contribution in [2.45, 2.75) is 12.5 Å². The molecule has 2 nitrogen and oxygen atoms in total. The fraction of sp³-hybridized carbons (Fsp3) is 0.400. The van der Waals surface area contributed by atoms with Gasteiger partial charge in [-0.15, -0.1) is 0 Å². The van der Waals surface area contributed by atoms with Crippen molar-refractivity contribution in [2.24, 2.45) is 0 Å². The Morgan fingerprint density at radius 3 is 1.80 bits per heavy atom. The third-order valence-corrected chi connectivity index (χ3v) is 1.94. The van der Waals surface area contributed by atoms with Gasteiger partial charge >= 0.3 is 6.18 Å². The molecule has 84 valence electrons. The molecule has 0 radical (unpaired) electrons. The van der Waals surface area contributed by atoms with E-state index in [-0.39, 0.29) is 0 Å². The predicted molar refractivity (Wildman–Crippen MR) is 48.2 cm³/mol. The van der Waals surface area contributed by atoms with Gasteiger partial charge in [0.25, 0.3) is 0 Å². The molecule has 1 aromatic carbocycles. The molecule has 0 aliphatic rings. The van der Waals surface area contributed by atoms with E-state index in [1.807, 2.05) is 0 Å². The number of hydrogen-bond donors (Lipinski definition) is 0. The summed E-state index contributed by atoms with van der Waals surface area (Å²) >= 11 is 0. The lowest BCUT2D eigenvalue weighted by atomic mass is 10.1. The maximum Gasteiger partial charge on any atom is 0.416 e. The van der Waals surface area contributed by atoms with Crippen molar-refractivity contribution < 1.29 is 22.6 Å². The first-order valence-corrected chi connectivity index (χ1v) is 4.21. The Labute approximate surface area is 85.6 Å². The van der Waals surface area contributed by atoms with Crippen molar-refractivity contribution in [1.29, 1.82) is 0 Å². The van der Waals surface area contributed by atoms with Crippen LogP contribution in [0.5, 0.6) is 0 Å². The molecule has 15 heavy (non-hydrogen) atoms. The van der Waals surface area contributed by atoms with Gasteiger partial charge in [0, 0.05) is 19.8 Å². The molecule has 0 aliphatic carbocycles. The number of halogens is 3. The van der Waals surface area contributed by atoms with Crippen LogP contribution in [0.1, 0.15) is 17.4 Å².